The lowest BCUT2D eigenvalue weighted by Crippen LogP contribution is -2.20. The molecule has 2 heterocycles. The van der Waals surface area contributed by atoms with Crippen LogP contribution in [0, 0.1) is 10.1 Å². The zero-order valence-corrected chi connectivity index (χ0v) is 24.9. The minimum Gasteiger partial charge on any atom is -0.496 e. The van der Waals surface area contributed by atoms with Crippen LogP contribution in [0.3, 0.4) is 0 Å². The Morgan fingerprint density at radius 3 is 2.60 bits per heavy atom. The number of aromatic carboxylic acids is 1. The van der Waals surface area contributed by atoms with Crippen LogP contribution in [0.15, 0.2) is 104 Å². The first-order valence-electron chi connectivity index (χ1n) is 13.3. The first-order valence-corrected chi connectivity index (χ1v) is 14.1. The van der Waals surface area contributed by atoms with Gasteiger partial charge >= 0.3 is 11.7 Å². The number of hydrogen-bond donors (Lipinski definition) is 1. The van der Waals surface area contributed by atoms with Crippen LogP contribution in [0.2, 0.25) is 0 Å². The van der Waals surface area contributed by atoms with E-state index in [1.165, 1.54) is 31.5 Å². The molecule has 13 heteroatoms. The van der Waals surface area contributed by atoms with Gasteiger partial charge in [0.15, 0.2) is 5.76 Å². The molecule has 12 nitrogen and oxygen atoms in total. The van der Waals surface area contributed by atoms with Crippen LogP contribution in [-0.2, 0) is 6.61 Å². The molecule has 0 aliphatic carbocycles. The minimum absolute atomic E-state index is 0.0920. The molecule has 0 unspecified atom stereocenters. The summed E-state index contributed by atoms with van der Waals surface area (Å²) in [6, 6.07) is 22.6. The number of para-hydroxylation sites is 1. The number of furan rings is 1. The molecule has 6 rings (SSSR count). The van der Waals surface area contributed by atoms with E-state index in [9.17, 15) is 19.7 Å². The summed E-state index contributed by atoms with van der Waals surface area (Å²) in [7, 11) is 1.54. The lowest BCUT2D eigenvalue weighted by molar-refractivity contribution is -0.386. The number of hydrogen-bond acceptors (Lipinski definition) is 9. The van der Waals surface area contributed by atoms with E-state index in [1.54, 1.807) is 66.7 Å². The fraction of sp³-hybridized carbons (Fsp3) is 0.0625. The van der Waals surface area contributed by atoms with Crippen molar-refractivity contribution in [2.24, 2.45) is 5.10 Å². The van der Waals surface area contributed by atoms with Crippen molar-refractivity contribution in [2.75, 3.05) is 7.11 Å². The maximum atomic E-state index is 13.7. The van der Waals surface area contributed by atoms with Crippen LogP contribution >= 0.6 is 15.9 Å². The Morgan fingerprint density at radius 2 is 1.87 bits per heavy atom. The first-order chi connectivity index (χ1) is 21.7. The number of rotatable bonds is 9. The molecule has 6 aromatic rings. The van der Waals surface area contributed by atoms with Crippen LogP contribution in [0.1, 0.15) is 21.5 Å². The Kier molecular flexibility index (Phi) is 7.84. The average molecular weight is 669 g/mol. The summed E-state index contributed by atoms with van der Waals surface area (Å²) in [6.07, 6.45) is 1.27. The second-order valence-corrected chi connectivity index (χ2v) is 10.6. The number of ether oxygens (including phenoxy) is 2. The third-order valence-corrected chi connectivity index (χ3v) is 7.33. The number of halogens is 1. The predicted molar refractivity (Wildman–Crippen MR) is 169 cm³/mol. The summed E-state index contributed by atoms with van der Waals surface area (Å²) in [5.41, 5.74) is 0.957. The lowest BCUT2D eigenvalue weighted by atomic mass is 10.1. The molecule has 0 radical (unpaired) electrons. The number of nitrogens with zero attached hydrogens (tertiary/aromatic N) is 4. The number of fused-ring (bicyclic) bond motifs is 2. The molecule has 0 fully saturated rings. The quantitative estimate of drug-likeness (QED) is 0.101. The molecule has 4 aromatic carbocycles. The van der Waals surface area contributed by atoms with Crippen LogP contribution < -0.4 is 15.0 Å². The van der Waals surface area contributed by atoms with Crippen molar-refractivity contribution in [3.05, 3.63) is 127 Å². The molecule has 0 spiro atoms. The molecule has 0 saturated carbocycles. The maximum absolute atomic E-state index is 13.7. The number of carboxylic acid groups (broad SMARTS) is 1. The van der Waals surface area contributed by atoms with Crippen molar-refractivity contribution in [1.82, 2.24) is 9.66 Å². The zero-order valence-electron chi connectivity index (χ0n) is 23.3. The number of benzene rings is 4. The van der Waals surface area contributed by atoms with Crippen LogP contribution in [0.5, 0.6) is 11.5 Å². The van der Waals surface area contributed by atoms with Crippen molar-refractivity contribution in [1.29, 1.82) is 0 Å². The smallest absolute Gasteiger partial charge is 0.335 e. The summed E-state index contributed by atoms with van der Waals surface area (Å²) >= 11 is 3.31. The fourth-order valence-corrected chi connectivity index (χ4v) is 5.18. The van der Waals surface area contributed by atoms with Gasteiger partial charge in [0.2, 0.25) is 11.6 Å². The zero-order chi connectivity index (χ0) is 31.7. The van der Waals surface area contributed by atoms with E-state index in [-0.39, 0.29) is 40.8 Å². The third-order valence-electron chi connectivity index (χ3n) is 6.87. The number of carbonyl (C=O) groups is 1. The Labute approximate surface area is 262 Å². The molecule has 1 N–H and O–H groups in total. The third kappa shape index (κ3) is 5.76. The molecule has 0 aliphatic rings. The van der Waals surface area contributed by atoms with Gasteiger partial charge in [-0.05, 0) is 54.1 Å². The molecule has 0 amide bonds. The number of nitro benzene ring substituents is 1. The highest BCUT2D eigenvalue weighted by Gasteiger charge is 2.22. The molecule has 0 saturated heterocycles. The van der Waals surface area contributed by atoms with Gasteiger partial charge < -0.3 is 19.0 Å². The van der Waals surface area contributed by atoms with Crippen molar-refractivity contribution in [3.8, 4) is 23.1 Å². The highest BCUT2D eigenvalue weighted by Crippen LogP contribution is 2.35. The SMILES string of the molecule is COc1cccc2oc(-c3nc4ccccc4c(=O)n3N=Cc3cc(Br)cc([N+](=O)[O-])c3OCc3ccc(C(=O)O)cc3)cc12. The average Bonchev–Trinajstić information content (AvgIpc) is 3.48. The van der Waals surface area contributed by atoms with Crippen LogP contribution in [0.4, 0.5) is 5.69 Å². The number of methoxy groups -OCH3 is 1. The Balaban J connectivity index is 1.47. The standard InChI is InChI=1S/C32H21BrN4O8/c1-43-26-7-4-8-27-23(26)15-28(45-27)30-35-24-6-3-2-5-22(24)31(38)36(30)34-16-20-13-21(33)14-25(37(41)42)29(20)44-17-18-9-11-19(12-10-18)32(39)40/h2-16H,17H2,1H3,(H,39,40). The van der Waals surface area contributed by atoms with E-state index >= 15 is 0 Å². The van der Waals surface area contributed by atoms with E-state index < -0.39 is 16.5 Å². The predicted octanol–water partition coefficient (Wildman–Crippen LogP) is 6.65. The Hall–Kier alpha value is -5.82. The van der Waals surface area contributed by atoms with Gasteiger partial charge in [-0.1, -0.05) is 46.3 Å². The van der Waals surface area contributed by atoms with Gasteiger partial charge in [0.05, 0.1) is 40.1 Å². The Bertz CT molecular complexity index is 2210. The topological polar surface area (TPSA) is 159 Å². The molecular weight excluding hydrogens is 648 g/mol. The van der Waals surface area contributed by atoms with E-state index in [2.05, 4.69) is 26.0 Å². The summed E-state index contributed by atoms with van der Waals surface area (Å²) in [6.45, 7) is -0.104. The largest absolute Gasteiger partial charge is 0.496 e. The number of aromatic nitrogens is 2. The minimum atomic E-state index is -1.08. The van der Waals surface area contributed by atoms with Gasteiger partial charge in [0.25, 0.3) is 5.56 Å². The first kappa shape index (κ1) is 29.3. The summed E-state index contributed by atoms with van der Waals surface area (Å²) in [5.74, 6) is -0.272. The van der Waals surface area contributed by atoms with Gasteiger partial charge in [0.1, 0.15) is 17.9 Å². The molecule has 45 heavy (non-hydrogen) atoms. The fourth-order valence-electron chi connectivity index (χ4n) is 4.72. The summed E-state index contributed by atoms with van der Waals surface area (Å²) in [4.78, 5) is 41.0. The van der Waals surface area contributed by atoms with Gasteiger partial charge in [-0.25, -0.2) is 9.78 Å². The van der Waals surface area contributed by atoms with Crippen LogP contribution in [-0.4, -0.2) is 39.0 Å². The van der Waals surface area contributed by atoms with Crippen molar-refractivity contribution >= 4 is 55.7 Å². The van der Waals surface area contributed by atoms with Gasteiger partial charge in [-0.3, -0.25) is 14.9 Å². The highest BCUT2D eigenvalue weighted by atomic mass is 79.9. The van der Waals surface area contributed by atoms with E-state index in [0.717, 1.165) is 4.68 Å². The van der Waals surface area contributed by atoms with Gasteiger partial charge in [-0.15, -0.1) is 0 Å². The second kappa shape index (κ2) is 12.1. The summed E-state index contributed by atoms with van der Waals surface area (Å²) in [5, 5.41) is 26.6. The normalized spacial score (nSPS) is 11.3. The second-order valence-electron chi connectivity index (χ2n) is 9.69. The van der Waals surface area contributed by atoms with Gasteiger partial charge in [0, 0.05) is 16.1 Å². The molecule has 2 aromatic heterocycles. The van der Waals surface area contributed by atoms with E-state index in [4.69, 9.17) is 19.0 Å². The van der Waals surface area contributed by atoms with E-state index in [0.29, 0.717) is 37.7 Å². The van der Waals surface area contributed by atoms with Crippen molar-refractivity contribution in [2.45, 2.75) is 6.61 Å². The maximum Gasteiger partial charge on any atom is 0.335 e. The van der Waals surface area contributed by atoms with Crippen molar-refractivity contribution in [3.63, 3.8) is 0 Å². The Morgan fingerprint density at radius 1 is 1.09 bits per heavy atom. The van der Waals surface area contributed by atoms with Gasteiger partial charge in [-0.2, -0.15) is 9.78 Å². The molecule has 0 atom stereocenters. The van der Waals surface area contributed by atoms with Crippen molar-refractivity contribution < 1.29 is 28.7 Å². The molecular formula is C32H21BrN4O8. The monoisotopic (exact) mass is 668 g/mol. The number of carboxylic acids is 1. The summed E-state index contributed by atoms with van der Waals surface area (Å²) < 4.78 is 18.9. The molecule has 224 valence electrons. The number of nitro groups is 1. The molecule has 0 aliphatic heterocycles. The highest BCUT2D eigenvalue weighted by molar-refractivity contribution is 9.10. The lowest BCUT2D eigenvalue weighted by Gasteiger charge is -2.11. The van der Waals surface area contributed by atoms with Crippen LogP contribution in [0.25, 0.3) is 33.5 Å². The molecule has 0 bridgehead atoms. The van der Waals surface area contributed by atoms with E-state index in [1.807, 2.05) is 0 Å².